The van der Waals surface area contributed by atoms with Crippen molar-refractivity contribution in [2.45, 2.75) is 17.7 Å². The van der Waals surface area contributed by atoms with Crippen molar-refractivity contribution >= 4 is 31.9 Å². The number of nitrogens with one attached hydrogen (secondary N) is 2. The van der Waals surface area contributed by atoms with Crippen LogP contribution in [0.1, 0.15) is 12.0 Å². The van der Waals surface area contributed by atoms with Crippen LogP contribution in [-0.4, -0.2) is 64.3 Å². The van der Waals surface area contributed by atoms with Crippen LogP contribution < -0.4 is 10.0 Å². The zero-order valence-electron chi connectivity index (χ0n) is 15.6. The molecule has 29 heavy (non-hydrogen) atoms. The largest absolute Gasteiger partial charge is 0.480 e. The van der Waals surface area contributed by atoms with Crippen molar-refractivity contribution in [1.82, 2.24) is 14.3 Å². The number of amides is 1. The molecule has 1 aromatic rings. The van der Waals surface area contributed by atoms with E-state index >= 15 is 0 Å². The van der Waals surface area contributed by atoms with Gasteiger partial charge in [0.25, 0.3) is 0 Å². The number of carboxylic acid groups (broad SMARTS) is 1. The summed E-state index contributed by atoms with van der Waals surface area (Å²) < 4.78 is 52.1. The molecule has 2 rings (SSSR count). The molecule has 0 saturated carbocycles. The molecule has 10 nitrogen and oxygen atoms in total. The van der Waals surface area contributed by atoms with E-state index in [4.69, 9.17) is 5.11 Å². The van der Waals surface area contributed by atoms with Gasteiger partial charge in [-0.1, -0.05) is 18.7 Å². The summed E-state index contributed by atoms with van der Waals surface area (Å²) in [6, 6.07) is 5.78. The molecule has 1 aliphatic rings. The summed E-state index contributed by atoms with van der Waals surface area (Å²) in [6.07, 6.45) is 0.462. The summed E-state index contributed by atoms with van der Waals surface area (Å²) in [7, 11) is -7.30. The minimum absolute atomic E-state index is 0.0666. The molecule has 3 N–H and O–H groups in total. The second-order valence-electron chi connectivity index (χ2n) is 6.57. The maximum Gasteiger partial charge on any atom is 0.322 e. The summed E-state index contributed by atoms with van der Waals surface area (Å²) in [5, 5.41) is 11.6. The Morgan fingerprint density at radius 1 is 1.21 bits per heavy atom. The summed E-state index contributed by atoms with van der Waals surface area (Å²) in [5.41, 5.74) is 0.546. The van der Waals surface area contributed by atoms with Gasteiger partial charge in [0.2, 0.25) is 26.0 Å². The third-order valence-electron chi connectivity index (χ3n) is 4.40. The van der Waals surface area contributed by atoms with Gasteiger partial charge in [-0.05, 0) is 30.0 Å². The molecule has 1 aliphatic heterocycles. The number of rotatable bonds is 10. The van der Waals surface area contributed by atoms with E-state index in [-0.39, 0.29) is 36.9 Å². The predicted molar refractivity (Wildman–Crippen MR) is 105 cm³/mol. The zero-order valence-corrected chi connectivity index (χ0v) is 17.2. The quantitative estimate of drug-likeness (QED) is 0.439. The van der Waals surface area contributed by atoms with Crippen molar-refractivity contribution in [3.63, 3.8) is 0 Å². The Kier molecular flexibility index (Phi) is 7.52. The number of carboxylic acids is 1. The molecule has 1 aromatic carbocycles. The molecular weight excluding hydrogens is 422 g/mol. The smallest absolute Gasteiger partial charge is 0.322 e. The first-order chi connectivity index (χ1) is 13.5. The van der Waals surface area contributed by atoms with Gasteiger partial charge in [0.05, 0.1) is 11.3 Å². The van der Waals surface area contributed by atoms with E-state index in [0.29, 0.717) is 12.0 Å². The number of aliphatic carboxylic acids is 1. The zero-order chi connectivity index (χ0) is 21.7. The highest BCUT2D eigenvalue weighted by atomic mass is 32.2. The first-order valence-electron chi connectivity index (χ1n) is 8.73. The van der Waals surface area contributed by atoms with Gasteiger partial charge in [-0.3, -0.25) is 9.59 Å². The Bertz CT molecular complexity index is 973. The van der Waals surface area contributed by atoms with E-state index in [0.717, 1.165) is 5.41 Å². The molecule has 0 aliphatic carbocycles. The molecule has 0 aromatic heterocycles. The van der Waals surface area contributed by atoms with Gasteiger partial charge in [-0.15, -0.1) is 0 Å². The molecule has 0 bridgehead atoms. The highest BCUT2D eigenvalue weighted by Crippen LogP contribution is 2.24. The number of sulfonamides is 2. The van der Waals surface area contributed by atoms with Gasteiger partial charge in [0, 0.05) is 25.0 Å². The molecule has 0 spiro atoms. The Labute approximate surface area is 169 Å². The fraction of sp³-hybridized carbons (Fsp3) is 0.412. The highest BCUT2D eigenvalue weighted by molar-refractivity contribution is 7.92. The molecular formula is C17H23N3O7S2. The van der Waals surface area contributed by atoms with Crippen LogP contribution in [0.25, 0.3) is 0 Å². The molecule has 12 heteroatoms. The van der Waals surface area contributed by atoms with Crippen molar-refractivity contribution in [2.75, 3.05) is 26.2 Å². The molecule has 1 heterocycles. The fourth-order valence-electron chi connectivity index (χ4n) is 2.83. The van der Waals surface area contributed by atoms with Crippen LogP contribution in [0.2, 0.25) is 0 Å². The molecule has 1 atom stereocenters. The lowest BCUT2D eigenvalue weighted by molar-refractivity contribution is -0.137. The van der Waals surface area contributed by atoms with Crippen LogP contribution in [-0.2, 0) is 36.1 Å². The normalized spacial score (nSPS) is 17.7. The van der Waals surface area contributed by atoms with E-state index in [1.165, 1.54) is 28.6 Å². The van der Waals surface area contributed by atoms with Crippen molar-refractivity contribution in [3.8, 4) is 0 Å². The molecule has 1 amide bonds. The van der Waals surface area contributed by atoms with Crippen LogP contribution in [0, 0.1) is 5.92 Å². The Hall–Kier alpha value is -2.28. The predicted octanol–water partition coefficient (Wildman–Crippen LogP) is -0.497. The number of carbonyl (C=O) groups excluding carboxylic acids is 1. The van der Waals surface area contributed by atoms with Crippen LogP contribution in [0.5, 0.6) is 0 Å². The number of hydrogen-bond acceptors (Lipinski definition) is 6. The van der Waals surface area contributed by atoms with Crippen molar-refractivity contribution in [3.05, 3.63) is 41.8 Å². The maximum absolute atomic E-state index is 12.8. The first-order valence-corrected chi connectivity index (χ1v) is 11.7. The van der Waals surface area contributed by atoms with Gasteiger partial charge >= 0.3 is 5.97 Å². The summed E-state index contributed by atoms with van der Waals surface area (Å²) >= 11 is 0. The lowest BCUT2D eigenvalue weighted by Gasteiger charge is -2.17. The van der Waals surface area contributed by atoms with E-state index in [9.17, 15) is 26.4 Å². The van der Waals surface area contributed by atoms with Gasteiger partial charge < -0.3 is 10.4 Å². The van der Waals surface area contributed by atoms with Crippen LogP contribution in [0.15, 0.2) is 41.1 Å². The molecule has 1 fully saturated rings. The molecule has 1 saturated heterocycles. The van der Waals surface area contributed by atoms with Gasteiger partial charge in [-0.25, -0.2) is 21.6 Å². The monoisotopic (exact) mass is 445 g/mol. The number of nitrogens with zero attached hydrogens (tertiary/aromatic N) is 1. The van der Waals surface area contributed by atoms with E-state index in [1.54, 1.807) is 0 Å². The lowest BCUT2D eigenvalue weighted by Crippen LogP contribution is -2.32. The fourth-order valence-corrected chi connectivity index (χ4v) is 4.94. The minimum Gasteiger partial charge on any atom is -0.480 e. The minimum atomic E-state index is -3.74. The topological polar surface area (TPSA) is 150 Å². The number of hydrogen-bond donors (Lipinski definition) is 3. The van der Waals surface area contributed by atoms with Crippen LogP contribution in [0.3, 0.4) is 0 Å². The van der Waals surface area contributed by atoms with Crippen molar-refractivity contribution in [2.24, 2.45) is 5.92 Å². The average molecular weight is 446 g/mol. The van der Waals surface area contributed by atoms with E-state index < -0.39 is 38.5 Å². The average Bonchev–Trinajstić information content (AvgIpc) is 3.15. The third kappa shape index (κ3) is 6.63. The SMILES string of the molecule is C=CS(=O)(=O)NC[C@H]1CCN(S(=O)(=O)c2ccc(CC(=O)NCC(=O)O)cc2)C1. The number of carbonyl (C=O) groups is 2. The van der Waals surface area contributed by atoms with Crippen molar-refractivity contribution < 1.29 is 31.5 Å². The summed E-state index contributed by atoms with van der Waals surface area (Å²) in [6.45, 7) is 3.33. The Balaban J connectivity index is 1.96. The van der Waals surface area contributed by atoms with Gasteiger partial charge in [0.15, 0.2) is 0 Å². The lowest BCUT2D eigenvalue weighted by atomic mass is 10.1. The van der Waals surface area contributed by atoms with Crippen molar-refractivity contribution in [1.29, 1.82) is 0 Å². The second-order valence-corrected chi connectivity index (χ2v) is 10.2. The molecule has 0 unspecified atom stereocenters. The summed E-state index contributed by atoms with van der Waals surface area (Å²) in [5.74, 6) is -1.77. The van der Waals surface area contributed by atoms with E-state index in [2.05, 4.69) is 16.6 Å². The molecule has 160 valence electrons. The van der Waals surface area contributed by atoms with Gasteiger partial charge in [0.1, 0.15) is 6.54 Å². The second kappa shape index (κ2) is 9.48. The number of benzene rings is 1. The van der Waals surface area contributed by atoms with Crippen LogP contribution in [0.4, 0.5) is 0 Å². The van der Waals surface area contributed by atoms with E-state index in [1.807, 2.05) is 0 Å². The summed E-state index contributed by atoms with van der Waals surface area (Å²) in [4.78, 5) is 22.2. The molecule has 0 radical (unpaired) electrons. The van der Waals surface area contributed by atoms with Gasteiger partial charge in [-0.2, -0.15) is 4.31 Å². The Morgan fingerprint density at radius 2 is 1.86 bits per heavy atom. The maximum atomic E-state index is 12.8. The third-order valence-corrected chi connectivity index (χ3v) is 7.29. The standard InChI is InChI=1S/C17H23N3O7S2/c1-2-28(24,25)19-10-14-7-8-20(12-14)29(26,27)15-5-3-13(4-6-15)9-16(21)18-11-17(22)23/h2-6,14,19H,1,7-12H2,(H,18,21)(H,22,23)/t14-/m1/s1. The Morgan fingerprint density at radius 3 is 2.45 bits per heavy atom. The van der Waals surface area contributed by atoms with Crippen LogP contribution >= 0.6 is 0 Å². The first kappa shape index (κ1) is 23.0. The highest BCUT2D eigenvalue weighted by Gasteiger charge is 2.32.